The summed E-state index contributed by atoms with van der Waals surface area (Å²) in [5.41, 5.74) is 0.925. The monoisotopic (exact) mass is 447 g/mol. The number of thiazole rings is 1. The molecule has 1 N–H and O–H groups in total. The lowest BCUT2D eigenvalue weighted by Crippen LogP contribution is -2.33. The van der Waals surface area contributed by atoms with Crippen molar-refractivity contribution < 1.29 is 17.9 Å². The first-order valence-corrected chi connectivity index (χ1v) is 11.8. The first kappa shape index (κ1) is 20.4. The van der Waals surface area contributed by atoms with Gasteiger partial charge in [0.1, 0.15) is 12.3 Å². The van der Waals surface area contributed by atoms with Crippen LogP contribution < -0.4 is 14.3 Å². The van der Waals surface area contributed by atoms with Crippen molar-refractivity contribution in [2.24, 2.45) is 0 Å². The van der Waals surface area contributed by atoms with Gasteiger partial charge in [0.15, 0.2) is 0 Å². The summed E-state index contributed by atoms with van der Waals surface area (Å²) in [6, 6.07) is 11.1. The van der Waals surface area contributed by atoms with Gasteiger partial charge in [-0.25, -0.2) is 8.42 Å². The van der Waals surface area contributed by atoms with E-state index >= 15 is 0 Å². The Hall–Kier alpha value is -2.85. The molecular weight excluding hydrogens is 426 g/mol. The van der Waals surface area contributed by atoms with E-state index < -0.39 is 10.0 Å². The minimum absolute atomic E-state index is 0.0347. The zero-order chi connectivity index (χ0) is 21.3. The Morgan fingerprint density at radius 2 is 1.93 bits per heavy atom. The van der Waals surface area contributed by atoms with Gasteiger partial charge in [0.05, 0.1) is 27.9 Å². The van der Waals surface area contributed by atoms with Crippen LogP contribution in [-0.2, 0) is 21.4 Å². The maximum atomic E-state index is 12.8. The van der Waals surface area contributed by atoms with Gasteiger partial charge in [-0.15, -0.1) is 0 Å². The normalized spacial score (nSPS) is 14.2. The number of ether oxygens (including phenoxy) is 1. The van der Waals surface area contributed by atoms with E-state index in [1.54, 1.807) is 35.2 Å². The number of sulfonamides is 1. The molecule has 1 saturated heterocycles. The van der Waals surface area contributed by atoms with Crippen molar-refractivity contribution in [3.8, 4) is 5.75 Å². The second-order valence-electron chi connectivity index (χ2n) is 7.01. The first-order chi connectivity index (χ1) is 14.4. The van der Waals surface area contributed by atoms with Crippen LogP contribution in [0.1, 0.15) is 12.8 Å². The van der Waals surface area contributed by atoms with Crippen LogP contribution in [0, 0.1) is 0 Å². The van der Waals surface area contributed by atoms with E-state index in [4.69, 9.17) is 4.74 Å². The molecule has 0 saturated carbocycles. The van der Waals surface area contributed by atoms with Crippen LogP contribution in [-0.4, -0.2) is 44.0 Å². The molecule has 0 spiro atoms. The molecule has 1 fully saturated rings. The fourth-order valence-electron chi connectivity index (χ4n) is 3.47. The topological polar surface area (TPSA) is 97.7 Å². The minimum atomic E-state index is -3.85. The highest BCUT2D eigenvalue weighted by Crippen LogP contribution is 2.25. The van der Waals surface area contributed by atoms with Crippen LogP contribution >= 0.6 is 11.3 Å². The van der Waals surface area contributed by atoms with Crippen LogP contribution in [0.4, 0.5) is 5.69 Å². The highest BCUT2D eigenvalue weighted by atomic mass is 32.2. The molecule has 0 unspecified atom stereocenters. The molecule has 4 rings (SSSR count). The van der Waals surface area contributed by atoms with Gasteiger partial charge in [-0.3, -0.25) is 18.9 Å². The molecule has 0 aliphatic carbocycles. The maximum absolute atomic E-state index is 12.8. The Labute approximate surface area is 177 Å². The number of hydrogen-bond donors (Lipinski definition) is 1. The van der Waals surface area contributed by atoms with E-state index in [2.05, 4.69) is 4.72 Å². The molecule has 8 nitrogen and oxygen atoms in total. The summed E-state index contributed by atoms with van der Waals surface area (Å²) in [6.07, 6.45) is 1.96. The van der Waals surface area contributed by atoms with Crippen LogP contribution in [0.5, 0.6) is 5.75 Å². The molecule has 2 heterocycles. The van der Waals surface area contributed by atoms with Crippen molar-refractivity contribution in [2.45, 2.75) is 24.3 Å². The molecule has 0 atom stereocenters. The Morgan fingerprint density at radius 1 is 1.17 bits per heavy atom. The smallest absolute Gasteiger partial charge is 0.308 e. The molecule has 10 heteroatoms. The van der Waals surface area contributed by atoms with Gasteiger partial charge < -0.3 is 9.64 Å². The number of nitrogens with zero attached hydrogens (tertiary/aromatic N) is 2. The number of likely N-dealkylation sites (tertiary alicyclic amines) is 1. The van der Waals surface area contributed by atoms with Gasteiger partial charge in [-0.1, -0.05) is 17.4 Å². The average molecular weight is 448 g/mol. The van der Waals surface area contributed by atoms with E-state index in [-0.39, 0.29) is 22.2 Å². The molecule has 1 aliphatic heterocycles. The number of aromatic nitrogens is 1. The molecule has 2 aromatic carbocycles. The van der Waals surface area contributed by atoms with Crippen molar-refractivity contribution in [1.29, 1.82) is 0 Å². The summed E-state index contributed by atoms with van der Waals surface area (Å²) >= 11 is 0.930. The Morgan fingerprint density at radius 3 is 2.67 bits per heavy atom. The lowest BCUT2D eigenvalue weighted by Gasteiger charge is -2.15. The van der Waals surface area contributed by atoms with Gasteiger partial charge in [0.25, 0.3) is 10.0 Å². The summed E-state index contributed by atoms with van der Waals surface area (Å²) in [5, 5.41) is 0. The molecule has 1 aliphatic rings. The third kappa shape index (κ3) is 4.05. The van der Waals surface area contributed by atoms with Crippen LogP contribution in [0.2, 0.25) is 0 Å². The number of carbonyl (C=O) groups excluding carboxylic acids is 1. The third-order valence-corrected chi connectivity index (χ3v) is 7.34. The lowest BCUT2D eigenvalue weighted by molar-refractivity contribution is -0.130. The number of methoxy groups -OCH3 is 1. The SMILES string of the molecule is COc1cccc(NS(=O)(=O)c2ccc3c(c2)sc(=O)n3CC(=O)N2CCCC2)c1. The Balaban J connectivity index is 1.61. The van der Waals surface area contributed by atoms with Gasteiger partial charge >= 0.3 is 4.87 Å². The number of anilines is 1. The fraction of sp³-hybridized carbons (Fsp3) is 0.300. The summed E-state index contributed by atoms with van der Waals surface area (Å²) in [4.78, 5) is 26.4. The van der Waals surface area contributed by atoms with Gasteiger partial charge in [-0.05, 0) is 43.2 Å². The number of carbonyl (C=O) groups is 1. The second-order valence-corrected chi connectivity index (χ2v) is 9.68. The summed E-state index contributed by atoms with van der Waals surface area (Å²) in [5.74, 6) is 0.439. The van der Waals surface area contributed by atoms with Crippen molar-refractivity contribution in [3.63, 3.8) is 0 Å². The Bertz CT molecular complexity index is 1260. The summed E-state index contributed by atoms with van der Waals surface area (Å²) in [6.45, 7) is 1.40. The van der Waals surface area contributed by atoms with E-state index in [0.717, 1.165) is 24.2 Å². The third-order valence-electron chi connectivity index (χ3n) is 5.02. The number of benzene rings is 2. The second kappa shape index (κ2) is 8.11. The molecule has 0 radical (unpaired) electrons. The number of rotatable bonds is 6. The van der Waals surface area contributed by atoms with E-state index in [0.29, 0.717) is 34.7 Å². The lowest BCUT2D eigenvalue weighted by atomic mass is 10.3. The van der Waals surface area contributed by atoms with Crippen molar-refractivity contribution >= 4 is 43.2 Å². The standard InChI is InChI=1S/C20H21N3O5S2/c1-28-15-6-4-5-14(11-15)21-30(26,27)16-7-8-17-18(12-16)29-20(25)23(17)13-19(24)22-9-2-3-10-22/h4-8,11-12,21H,2-3,9-10,13H2,1H3. The number of hydrogen-bond acceptors (Lipinski definition) is 6. The van der Waals surface area contributed by atoms with Gasteiger partial charge in [-0.2, -0.15) is 0 Å². The zero-order valence-corrected chi connectivity index (χ0v) is 18.0. The van der Waals surface area contributed by atoms with Crippen LogP contribution in [0.15, 0.2) is 52.2 Å². The van der Waals surface area contributed by atoms with Crippen LogP contribution in [0.3, 0.4) is 0 Å². The van der Waals surface area contributed by atoms with E-state index in [9.17, 15) is 18.0 Å². The quantitative estimate of drug-likeness (QED) is 0.626. The predicted octanol–water partition coefficient (Wildman–Crippen LogP) is 2.49. The maximum Gasteiger partial charge on any atom is 0.308 e. The number of amides is 1. The minimum Gasteiger partial charge on any atom is -0.497 e. The van der Waals surface area contributed by atoms with Crippen molar-refractivity contribution in [1.82, 2.24) is 9.47 Å². The molecule has 3 aromatic rings. The van der Waals surface area contributed by atoms with Crippen molar-refractivity contribution in [3.05, 3.63) is 52.1 Å². The first-order valence-electron chi connectivity index (χ1n) is 9.45. The molecule has 158 valence electrons. The zero-order valence-electron chi connectivity index (χ0n) is 16.3. The molecule has 0 bridgehead atoms. The average Bonchev–Trinajstić information content (AvgIpc) is 3.36. The fourth-order valence-corrected chi connectivity index (χ4v) is 5.55. The van der Waals surface area contributed by atoms with Crippen LogP contribution in [0.25, 0.3) is 10.2 Å². The largest absolute Gasteiger partial charge is 0.497 e. The summed E-state index contributed by atoms with van der Waals surface area (Å²) in [7, 11) is -2.35. The molecule has 1 amide bonds. The Kier molecular flexibility index (Phi) is 5.52. The molecular formula is C20H21N3O5S2. The highest BCUT2D eigenvalue weighted by molar-refractivity contribution is 7.92. The van der Waals surface area contributed by atoms with E-state index in [1.807, 2.05) is 0 Å². The highest BCUT2D eigenvalue weighted by Gasteiger charge is 2.21. The number of fused-ring (bicyclic) bond motifs is 1. The van der Waals surface area contributed by atoms with Gasteiger partial charge in [0.2, 0.25) is 5.91 Å². The molecule has 1 aromatic heterocycles. The number of nitrogens with one attached hydrogen (secondary N) is 1. The van der Waals surface area contributed by atoms with E-state index in [1.165, 1.54) is 23.8 Å². The molecule has 30 heavy (non-hydrogen) atoms. The summed E-state index contributed by atoms with van der Waals surface area (Å²) < 4.78 is 35.1. The van der Waals surface area contributed by atoms with Gasteiger partial charge in [0, 0.05) is 19.2 Å². The predicted molar refractivity (Wildman–Crippen MR) is 116 cm³/mol. The van der Waals surface area contributed by atoms with Crippen molar-refractivity contribution in [2.75, 3.05) is 24.9 Å².